The zero-order valence-electron chi connectivity index (χ0n) is 10.3. The van der Waals surface area contributed by atoms with Crippen LogP contribution in [-0.2, 0) is 6.42 Å². The maximum absolute atomic E-state index is 5.71. The molecule has 0 spiro atoms. The zero-order chi connectivity index (χ0) is 13.0. The SMILES string of the molecule is CCc1ccc(Oc2cccc(Br)n2)c(OC)c1. The lowest BCUT2D eigenvalue weighted by Gasteiger charge is -2.10. The van der Waals surface area contributed by atoms with Crippen molar-refractivity contribution in [2.24, 2.45) is 0 Å². The van der Waals surface area contributed by atoms with Crippen molar-refractivity contribution in [1.82, 2.24) is 4.98 Å². The second-order valence-electron chi connectivity index (χ2n) is 3.74. The summed E-state index contributed by atoms with van der Waals surface area (Å²) in [7, 11) is 1.63. The van der Waals surface area contributed by atoms with Crippen LogP contribution in [0.2, 0.25) is 0 Å². The van der Waals surface area contributed by atoms with Crippen molar-refractivity contribution in [1.29, 1.82) is 0 Å². The fourth-order valence-electron chi connectivity index (χ4n) is 1.58. The Balaban J connectivity index is 2.28. The minimum absolute atomic E-state index is 0.534. The lowest BCUT2D eigenvalue weighted by Crippen LogP contribution is -1.93. The largest absolute Gasteiger partial charge is 0.493 e. The first-order valence-corrected chi connectivity index (χ1v) is 6.49. The molecule has 0 saturated heterocycles. The third kappa shape index (κ3) is 3.01. The van der Waals surface area contributed by atoms with E-state index in [9.17, 15) is 0 Å². The summed E-state index contributed by atoms with van der Waals surface area (Å²) in [5.74, 6) is 1.92. The third-order valence-electron chi connectivity index (χ3n) is 2.54. The number of pyridine rings is 1. The van der Waals surface area contributed by atoms with Gasteiger partial charge in [0, 0.05) is 6.07 Å². The second kappa shape index (κ2) is 5.87. The summed E-state index contributed by atoms with van der Waals surface area (Å²) >= 11 is 3.31. The van der Waals surface area contributed by atoms with Crippen LogP contribution in [0.25, 0.3) is 0 Å². The van der Waals surface area contributed by atoms with Gasteiger partial charge < -0.3 is 9.47 Å². The lowest BCUT2D eigenvalue weighted by atomic mass is 10.1. The highest BCUT2D eigenvalue weighted by molar-refractivity contribution is 9.10. The summed E-state index contributed by atoms with van der Waals surface area (Å²) in [6.07, 6.45) is 0.964. The molecule has 0 aliphatic carbocycles. The molecule has 0 amide bonds. The van der Waals surface area contributed by atoms with Gasteiger partial charge in [0.05, 0.1) is 7.11 Å². The quantitative estimate of drug-likeness (QED) is 0.793. The number of benzene rings is 1. The summed E-state index contributed by atoms with van der Waals surface area (Å²) in [6.45, 7) is 2.10. The van der Waals surface area contributed by atoms with Gasteiger partial charge in [-0.25, -0.2) is 4.98 Å². The van der Waals surface area contributed by atoms with Crippen molar-refractivity contribution in [3.63, 3.8) is 0 Å². The Morgan fingerprint density at radius 3 is 2.67 bits per heavy atom. The molecule has 0 atom stereocenters. The normalized spacial score (nSPS) is 10.2. The van der Waals surface area contributed by atoms with Gasteiger partial charge in [-0.05, 0) is 46.1 Å². The van der Waals surface area contributed by atoms with Crippen LogP contribution >= 0.6 is 15.9 Å². The highest BCUT2D eigenvalue weighted by Gasteiger charge is 2.07. The number of nitrogens with zero attached hydrogens (tertiary/aromatic N) is 1. The van der Waals surface area contributed by atoms with Crippen molar-refractivity contribution < 1.29 is 9.47 Å². The van der Waals surface area contributed by atoms with E-state index in [-0.39, 0.29) is 0 Å². The highest BCUT2D eigenvalue weighted by atomic mass is 79.9. The van der Waals surface area contributed by atoms with E-state index in [1.165, 1.54) is 5.56 Å². The molecule has 0 aliphatic rings. The molecule has 1 aromatic carbocycles. The highest BCUT2D eigenvalue weighted by Crippen LogP contribution is 2.32. The smallest absolute Gasteiger partial charge is 0.220 e. The minimum atomic E-state index is 0.534. The number of halogens is 1. The van der Waals surface area contributed by atoms with Gasteiger partial charge in [-0.2, -0.15) is 0 Å². The number of hydrogen-bond acceptors (Lipinski definition) is 3. The van der Waals surface area contributed by atoms with Crippen LogP contribution in [0.3, 0.4) is 0 Å². The summed E-state index contributed by atoms with van der Waals surface area (Å²) in [5, 5.41) is 0. The molecule has 0 radical (unpaired) electrons. The Kier molecular flexibility index (Phi) is 4.20. The minimum Gasteiger partial charge on any atom is -0.493 e. The van der Waals surface area contributed by atoms with Crippen LogP contribution in [0.4, 0.5) is 0 Å². The van der Waals surface area contributed by atoms with Crippen LogP contribution in [0.15, 0.2) is 41.0 Å². The summed E-state index contributed by atoms with van der Waals surface area (Å²) in [6, 6.07) is 11.4. The molecule has 0 N–H and O–H groups in total. The van der Waals surface area contributed by atoms with Gasteiger partial charge in [0.1, 0.15) is 4.60 Å². The summed E-state index contributed by atoms with van der Waals surface area (Å²) in [4.78, 5) is 4.23. The van der Waals surface area contributed by atoms with Crippen molar-refractivity contribution in [2.75, 3.05) is 7.11 Å². The van der Waals surface area contributed by atoms with Crippen molar-refractivity contribution in [3.8, 4) is 17.4 Å². The molecule has 0 saturated carbocycles. The molecule has 1 aromatic heterocycles. The predicted octanol–water partition coefficient (Wildman–Crippen LogP) is 4.21. The van der Waals surface area contributed by atoms with Crippen molar-refractivity contribution >= 4 is 15.9 Å². The van der Waals surface area contributed by atoms with Crippen molar-refractivity contribution in [3.05, 3.63) is 46.6 Å². The molecule has 4 heteroatoms. The third-order valence-corrected chi connectivity index (χ3v) is 2.98. The first-order chi connectivity index (χ1) is 8.72. The van der Waals surface area contributed by atoms with Gasteiger partial charge in [0.25, 0.3) is 0 Å². The molecular formula is C14H14BrNO2. The van der Waals surface area contributed by atoms with E-state index in [4.69, 9.17) is 9.47 Å². The number of aryl methyl sites for hydroxylation is 1. The fraction of sp³-hybridized carbons (Fsp3) is 0.214. The van der Waals surface area contributed by atoms with E-state index >= 15 is 0 Å². The number of methoxy groups -OCH3 is 1. The predicted molar refractivity (Wildman–Crippen MR) is 74.4 cm³/mol. The van der Waals surface area contributed by atoms with E-state index in [1.807, 2.05) is 30.3 Å². The summed E-state index contributed by atoms with van der Waals surface area (Å²) in [5.41, 5.74) is 1.21. The molecule has 2 aromatic rings. The molecule has 0 aliphatic heterocycles. The molecule has 94 valence electrons. The Bertz CT molecular complexity index is 543. The number of aromatic nitrogens is 1. The van der Waals surface area contributed by atoms with E-state index < -0.39 is 0 Å². The fourth-order valence-corrected chi connectivity index (χ4v) is 1.90. The number of ether oxygens (including phenoxy) is 2. The monoisotopic (exact) mass is 307 g/mol. The Morgan fingerprint density at radius 2 is 2.00 bits per heavy atom. The van der Waals surface area contributed by atoms with Crippen LogP contribution in [0, 0.1) is 0 Å². The molecule has 0 bridgehead atoms. The van der Waals surface area contributed by atoms with Crippen LogP contribution in [0.1, 0.15) is 12.5 Å². The van der Waals surface area contributed by atoms with Gasteiger partial charge in [0.15, 0.2) is 11.5 Å². The van der Waals surface area contributed by atoms with Crippen LogP contribution < -0.4 is 9.47 Å². The molecule has 0 unspecified atom stereocenters. The van der Waals surface area contributed by atoms with E-state index in [2.05, 4.69) is 27.8 Å². The number of hydrogen-bond donors (Lipinski definition) is 0. The second-order valence-corrected chi connectivity index (χ2v) is 4.55. The molecular weight excluding hydrogens is 294 g/mol. The maximum atomic E-state index is 5.71. The molecule has 18 heavy (non-hydrogen) atoms. The van der Waals surface area contributed by atoms with Crippen LogP contribution in [-0.4, -0.2) is 12.1 Å². The first-order valence-electron chi connectivity index (χ1n) is 5.70. The lowest BCUT2D eigenvalue weighted by molar-refractivity contribution is 0.373. The van der Waals surface area contributed by atoms with Gasteiger partial charge in [0.2, 0.25) is 5.88 Å². The Hall–Kier alpha value is -1.55. The first kappa shape index (κ1) is 12.9. The van der Waals surface area contributed by atoms with Gasteiger partial charge in [-0.3, -0.25) is 0 Å². The van der Waals surface area contributed by atoms with E-state index in [0.29, 0.717) is 11.6 Å². The average Bonchev–Trinajstić information content (AvgIpc) is 2.39. The van der Waals surface area contributed by atoms with Crippen LogP contribution in [0.5, 0.6) is 17.4 Å². The molecule has 3 nitrogen and oxygen atoms in total. The topological polar surface area (TPSA) is 31.4 Å². The van der Waals surface area contributed by atoms with E-state index in [1.54, 1.807) is 13.2 Å². The van der Waals surface area contributed by atoms with Gasteiger partial charge in [-0.1, -0.05) is 19.1 Å². The van der Waals surface area contributed by atoms with E-state index in [0.717, 1.165) is 16.8 Å². The molecule has 2 rings (SSSR count). The zero-order valence-corrected chi connectivity index (χ0v) is 11.9. The molecule has 0 fully saturated rings. The Labute approximate surface area is 115 Å². The van der Waals surface area contributed by atoms with Gasteiger partial charge >= 0.3 is 0 Å². The average molecular weight is 308 g/mol. The standard InChI is InChI=1S/C14H14BrNO2/c1-3-10-7-8-11(12(9-10)17-2)18-14-6-4-5-13(15)16-14/h4-9H,3H2,1-2H3. The maximum Gasteiger partial charge on any atom is 0.220 e. The van der Waals surface area contributed by atoms with Gasteiger partial charge in [-0.15, -0.1) is 0 Å². The number of rotatable bonds is 4. The Morgan fingerprint density at radius 1 is 1.17 bits per heavy atom. The molecule has 1 heterocycles. The summed E-state index contributed by atoms with van der Waals surface area (Å²) < 4.78 is 11.8. The van der Waals surface area contributed by atoms with Crippen molar-refractivity contribution in [2.45, 2.75) is 13.3 Å².